The van der Waals surface area contributed by atoms with Gasteiger partial charge in [0.1, 0.15) is 25.4 Å². The third-order valence-electron chi connectivity index (χ3n) is 6.25. The highest BCUT2D eigenvalue weighted by Crippen LogP contribution is 2.39. The maximum absolute atomic E-state index is 11.9. The molecule has 6 unspecified atom stereocenters. The number of hydrogen-bond acceptors (Lipinski definition) is 6. The molecule has 6 nitrogen and oxygen atoms in total. The topological polar surface area (TPSA) is 77.7 Å². The second kappa shape index (κ2) is 8.37. The zero-order valence-corrected chi connectivity index (χ0v) is 16.7. The van der Waals surface area contributed by atoms with Crippen LogP contribution in [0.3, 0.4) is 0 Å². The second-order valence-electron chi connectivity index (χ2n) is 8.56. The highest BCUT2D eigenvalue weighted by Gasteiger charge is 2.43. The molecule has 6 heteroatoms. The summed E-state index contributed by atoms with van der Waals surface area (Å²) in [6, 6.07) is 0. The Labute approximate surface area is 166 Å². The molecule has 0 spiro atoms. The highest BCUT2D eigenvalue weighted by molar-refractivity contribution is 5.70. The van der Waals surface area contributed by atoms with Crippen molar-refractivity contribution in [2.75, 3.05) is 13.2 Å². The molecule has 2 fully saturated rings. The fourth-order valence-corrected chi connectivity index (χ4v) is 4.13. The predicted molar refractivity (Wildman–Crippen MR) is 101 cm³/mol. The van der Waals surface area contributed by atoms with E-state index in [1.807, 2.05) is 0 Å². The maximum atomic E-state index is 11.9. The molecule has 0 amide bonds. The van der Waals surface area contributed by atoms with Crippen LogP contribution in [0.5, 0.6) is 0 Å². The molecule has 2 saturated heterocycles. The maximum Gasteiger partial charge on any atom is 0.306 e. The average molecular weight is 390 g/mol. The third kappa shape index (κ3) is 5.03. The summed E-state index contributed by atoms with van der Waals surface area (Å²) in [7, 11) is 0. The van der Waals surface area contributed by atoms with E-state index in [0.29, 0.717) is 62.9 Å². The zero-order valence-electron chi connectivity index (χ0n) is 16.7. The lowest BCUT2D eigenvalue weighted by Gasteiger charge is -2.18. The molecule has 0 aromatic carbocycles. The number of carbonyl (C=O) groups excluding carboxylic acids is 2. The normalized spacial score (nSPS) is 35.1. The fraction of sp³-hybridized carbons (Fsp3) is 0.727. The van der Waals surface area contributed by atoms with Crippen LogP contribution < -0.4 is 0 Å². The van der Waals surface area contributed by atoms with Crippen molar-refractivity contribution in [1.29, 1.82) is 0 Å². The minimum atomic E-state index is -0.208. The molecule has 0 aromatic heterocycles. The van der Waals surface area contributed by atoms with E-state index in [1.54, 1.807) is 0 Å². The van der Waals surface area contributed by atoms with Gasteiger partial charge in [-0.1, -0.05) is 26.0 Å². The number of unbranched alkanes of at least 4 members (excludes halogenated alkanes) is 1. The average Bonchev–Trinajstić information content (AvgIpc) is 3.57. The summed E-state index contributed by atoms with van der Waals surface area (Å²) < 4.78 is 21.7. The zero-order chi connectivity index (χ0) is 19.7. The first-order valence-corrected chi connectivity index (χ1v) is 10.5. The first kappa shape index (κ1) is 19.6. The van der Waals surface area contributed by atoms with Crippen molar-refractivity contribution in [2.45, 2.75) is 76.8 Å². The minimum Gasteiger partial charge on any atom is -0.461 e. The minimum absolute atomic E-state index is 0.208. The Morgan fingerprint density at radius 1 is 0.857 bits per heavy atom. The summed E-state index contributed by atoms with van der Waals surface area (Å²) in [5.41, 5.74) is 2.31. The molecule has 4 aliphatic rings. The smallest absolute Gasteiger partial charge is 0.306 e. The van der Waals surface area contributed by atoms with Crippen LogP contribution in [-0.2, 0) is 28.5 Å². The van der Waals surface area contributed by atoms with Crippen molar-refractivity contribution < 1.29 is 28.5 Å². The van der Waals surface area contributed by atoms with E-state index in [4.69, 9.17) is 18.9 Å². The van der Waals surface area contributed by atoms with E-state index in [0.717, 1.165) is 24.0 Å². The first-order valence-electron chi connectivity index (χ1n) is 10.5. The number of epoxide rings is 2. The van der Waals surface area contributed by atoms with E-state index in [-0.39, 0.29) is 24.1 Å². The number of carbonyl (C=O) groups is 2. The molecule has 0 aromatic rings. The van der Waals surface area contributed by atoms with Crippen molar-refractivity contribution in [3.8, 4) is 0 Å². The van der Waals surface area contributed by atoms with E-state index in [1.165, 1.54) is 0 Å². The molecule has 0 saturated carbocycles. The monoisotopic (exact) mass is 390 g/mol. The number of ether oxygens (including phenoxy) is 4. The predicted octanol–water partition coefficient (Wildman–Crippen LogP) is 3.10. The number of esters is 2. The van der Waals surface area contributed by atoms with Crippen molar-refractivity contribution in [2.24, 2.45) is 11.8 Å². The van der Waals surface area contributed by atoms with E-state index >= 15 is 0 Å². The summed E-state index contributed by atoms with van der Waals surface area (Å²) >= 11 is 0. The van der Waals surface area contributed by atoms with Gasteiger partial charge < -0.3 is 18.9 Å². The van der Waals surface area contributed by atoms with Gasteiger partial charge in [0.15, 0.2) is 0 Å². The summed E-state index contributed by atoms with van der Waals surface area (Å²) in [6.45, 7) is 4.99. The van der Waals surface area contributed by atoms with Gasteiger partial charge in [0, 0.05) is 12.8 Å². The molecule has 0 radical (unpaired) electrons. The van der Waals surface area contributed by atoms with Crippen LogP contribution in [0.4, 0.5) is 0 Å². The van der Waals surface area contributed by atoms with Gasteiger partial charge in [0.05, 0.1) is 12.2 Å². The molecule has 4 rings (SSSR count). The van der Waals surface area contributed by atoms with Crippen LogP contribution in [0.2, 0.25) is 0 Å². The molecular formula is C22H30O6. The molecule has 0 N–H and O–H groups in total. The molecule has 6 atom stereocenters. The van der Waals surface area contributed by atoms with Gasteiger partial charge >= 0.3 is 11.9 Å². The van der Waals surface area contributed by atoms with Gasteiger partial charge in [-0.15, -0.1) is 0 Å². The van der Waals surface area contributed by atoms with Gasteiger partial charge in [-0.3, -0.25) is 9.59 Å². The Hall–Kier alpha value is -1.66. The quantitative estimate of drug-likeness (QED) is 0.261. The Balaban J connectivity index is 1.06. The SMILES string of the molecule is CC1CC2OC2C=C1COC(=O)CCCCC(=O)OCC1=CC2OC2CC1C. The Morgan fingerprint density at radius 2 is 1.29 bits per heavy atom. The second-order valence-corrected chi connectivity index (χ2v) is 8.56. The molecule has 2 aliphatic heterocycles. The van der Waals surface area contributed by atoms with Gasteiger partial charge in [-0.05, 0) is 48.7 Å². The lowest BCUT2D eigenvalue weighted by molar-refractivity contribution is -0.145. The van der Waals surface area contributed by atoms with Gasteiger partial charge in [-0.2, -0.15) is 0 Å². The standard InChI is InChI=1S/C22H30O6/c1-13-7-17-19(27-17)9-15(13)11-25-21(23)5-3-4-6-22(24)26-12-16-10-20-18(28-20)8-14(16)2/h9-10,13-14,17-20H,3-8,11-12H2,1-2H3. The summed E-state index contributed by atoms with van der Waals surface area (Å²) in [4.78, 5) is 23.8. The molecule has 2 heterocycles. The van der Waals surface area contributed by atoms with Crippen molar-refractivity contribution in [3.05, 3.63) is 23.3 Å². The Kier molecular flexibility index (Phi) is 5.88. The van der Waals surface area contributed by atoms with Crippen LogP contribution in [0, 0.1) is 11.8 Å². The van der Waals surface area contributed by atoms with Crippen LogP contribution >= 0.6 is 0 Å². The van der Waals surface area contributed by atoms with Crippen LogP contribution in [-0.4, -0.2) is 49.6 Å². The fourth-order valence-electron chi connectivity index (χ4n) is 4.13. The lowest BCUT2D eigenvalue weighted by atomic mass is 9.90. The molecule has 0 bridgehead atoms. The molecular weight excluding hydrogens is 360 g/mol. The van der Waals surface area contributed by atoms with Crippen LogP contribution in [0.25, 0.3) is 0 Å². The van der Waals surface area contributed by atoms with Crippen molar-refractivity contribution in [1.82, 2.24) is 0 Å². The molecule has 2 aliphatic carbocycles. The number of fused-ring (bicyclic) bond motifs is 2. The van der Waals surface area contributed by atoms with Crippen LogP contribution in [0.15, 0.2) is 23.3 Å². The summed E-state index contributed by atoms with van der Waals surface area (Å²) in [6.07, 6.45) is 9.39. The largest absolute Gasteiger partial charge is 0.461 e. The van der Waals surface area contributed by atoms with Gasteiger partial charge in [0.2, 0.25) is 0 Å². The van der Waals surface area contributed by atoms with Gasteiger partial charge in [-0.25, -0.2) is 0 Å². The molecule has 28 heavy (non-hydrogen) atoms. The van der Waals surface area contributed by atoms with Crippen LogP contribution in [0.1, 0.15) is 52.4 Å². The number of hydrogen-bond donors (Lipinski definition) is 0. The van der Waals surface area contributed by atoms with Crippen molar-refractivity contribution >= 4 is 11.9 Å². The van der Waals surface area contributed by atoms with E-state index in [9.17, 15) is 9.59 Å². The Morgan fingerprint density at radius 3 is 1.71 bits per heavy atom. The highest BCUT2D eigenvalue weighted by atomic mass is 16.6. The van der Waals surface area contributed by atoms with E-state index in [2.05, 4.69) is 26.0 Å². The lowest BCUT2D eigenvalue weighted by Crippen LogP contribution is -2.17. The van der Waals surface area contributed by atoms with Gasteiger partial charge in [0.25, 0.3) is 0 Å². The number of rotatable bonds is 9. The van der Waals surface area contributed by atoms with E-state index < -0.39 is 0 Å². The summed E-state index contributed by atoms with van der Waals surface area (Å²) in [5.74, 6) is 0.400. The molecule has 154 valence electrons. The van der Waals surface area contributed by atoms with Crippen molar-refractivity contribution in [3.63, 3.8) is 0 Å². The third-order valence-corrected chi connectivity index (χ3v) is 6.25. The summed E-state index contributed by atoms with van der Waals surface area (Å²) in [5, 5.41) is 0. The first-order chi connectivity index (χ1) is 13.5. The Bertz CT molecular complexity index is 623.